The minimum absolute atomic E-state index is 0.190. The zero-order valence-corrected chi connectivity index (χ0v) is 11.3. The Morgan fingerprint density at radius 2 is 1.75 bits per heavy atom. The first-order chi connectivity index (χ1) is 9.54. The highest BCUT2D eigenvalue weighted by atomic mass is 16.2. The lowest BCUT2D eigenvalue weighted by atomic mass is 9.65. The molecule has 0 saturated heterocycles. The summed E-state index contributed by atoms with van der Waals surface area (Å²) in [5.41, 5.74) is 0.0328. The highest BCUT2D eigenvalue weighted by molar-refractivity contribution is 6.16. The number of nitrogens with zero attached hydrogens (tertiary/aromatic N) is 1. The summed E-state index contributed by atoms with van der Waals surface area (Å²) in [5, 5.41) is 0. The van der Waals surface area contributed by atoms with Crippen molar-refractivity contribution in [1.29, 1.82) is 0 Å². The Bertz CT molecular complexity index is 674. The van der Waals surface area contributed by atoms with Crippen LogP contribution < -0.4 is 0 Å². The fourth-order valence-corrected chi connectivity index (χ4v) is 4.27. The minimum Gasteiger partial charge on any atom is -0.299 e. The number of fused-ring (bicyclic) bond motifs is 3. The zero-order chi connectivity index (χ0) is 14.1. The van der Waals surface area contributed by atoms with E-state index in [9.17, 15) is 14.4 Å². The van der Waals surface area contributed by atoms with Gasteiger partial charge in [0, 0.05) is 24.4 Å². The van der Waals surface area contributed by atoms with E-state index in [1.54, 1.807) is 6.07 Å². The van der Waals surface area contributed by atoms with E-state index in [2.05, 4.69) is 0 Å². The van der Waals surface area contributed by atoms with Crippen molar-refractivity contribution in [3.8, 4) is 0 Å². The molecule has 2 fully saturated rings. The zero-order valence-electron chi connectivity index (χ0n) is 11.3. The number of rotatable bonds is 0. The summed E-state index contributed by atoms with van der Waals surface area (Å²) < 4.78 is 0. The maximum absolute atomic E-state index is 12.9. The molecular weight excluding hydrogens is 254 g/mol. The Morgan fingerprint density at radius 3 is 2.45 bits per heavy atom. The quantitative estimate of drug-likeness (QED) is 0.673. The van der Waals surface area contributed by atoms with Crippen molar-refractivity contribution in [2.75, 3.05) is 7.05 Å². The van der Waals surface area contributed by atoms with Crippen LogP contribution in [0, 0.1) is 5.41 Å². The lowest BCUT2D eigenvalue weighted by Gasteiger charge is -2.41. The van der Waals surface area contributed by atoms with Gasteiger partial charge in [-0.3, -0.25) is 19.3 Å². The first-order valence-electron chi connectivity index (χ1n) is 7.00. The van der Waals surface area contributed by atoms with Crippen molar-refractivity contribution >= 4 is 17.6 Å². The molecule has 4 heteroatoms. The van der Waals surface area contributed by atoms with Gasteiger partial charge in [0.15, 0.2) is 0 Å². The van der Waals surface area contributed by atoms with Gasteiger partial charge in [-0.15, -0.1) is 0 Å². The van der Waals surface area contributed by atoms with Crippen LogP contribution in [0.3, 0.4) is 0 Å². The van der Waals surface area contributed by atoms with Crippen LogP contribution in [0.15, 0.2) is 24.3 Å². The SMILES string of the molecule is CN1C(=O)c2ccccc2C2(CCC(=O)C23CC3)C1=O. The summed E-state index contributed by atoms with van der Waals surface area (Å²) >= 11 is 0. The molecule has 0 bridgehead atoms. The molecule has 1 aromatic rings. The van der Waals surface area contributed by atoms with Gasteiger partial charge in [0.05, 0.1) is 5.41 Å². The van der Waals surface area contributed by atoms with Crippen molar-refractivity contribution in [2.24, 2.45) is 5.41 Å². The van der Waals surface area contributed by atoms with Crippen molar-refractivity contribution < 1.29 is 14.4 Å². The first kappa shape index (κ1) is 11.8. The van der Waals surface area contributed by atoms with Gasteiger partial charge in [0.2, 0.25) is 5.91 Å². The molecule has 1 heterocycles. The smallest absolute Gasteiger partial charge is 0.260 e. The maximum atomic E-state index is 12.9. The standard InChI is InChI=1S/C16H15NO3/c1-17-13(19)10-4-2-3-5-11(10)16(14(17)20)7-6-12(18)15(16)8-9-15/h2-5H,6-9H2,1H3. The fourth-order valence-electron chi connectivity index (χ4n) is 4.27. The molecule has 1 aromatic carbocycles. The maximum Gasteiger partial charge on any atom is 0.260 e. The molecule has 2 saturated carbocycles. The molecule has 1 unspecified atom stereocenters. The molecule has 20 heavy (non-hydrogen) atoms. The van der Waals surface area contributed by atoms with Crippen LogP contribution in [0.2, 0.25) is 0 Å². The second-order valence-corrected chi connectivity index (χ2v) is 6.13. The van der Waals surface area contributed by atoms with Gasteiger partial charge >= 0.3 is 0 Å². The van der Waals surface area contributed by atoms with E-state index in [1.807, 2.05) is 18.2 Å². The van der Waals surface area contributed by atoms with Gasteiger partial charge in [-0.1, -0.05) is 18.2 Å². The van der Waals surface area contributed by atoms with Gasteiger partial charge in [-0.05, 0) is 30.9 Å². The van der Waals surface area contributed by atoms with Crippen LogP contribution >= 0.6 is 0 Å². The number of Topliss-reactive ketones (excluding diaryl/α,β-unsaturated/α-hetero) is 1. The Hall–Kier alpha value is -1.97. The summed E-state index contributed by atoms with van der Waals surface area (Å²) in [6, 6.07) is 7.29. The Morgan fingerprint density at radius 1 is 1.05 bits per heavy atom. The van der Waals surface area contributed by atoms with Crippen molar-refractivity contribution in [3.63, 3.8) is 0 Å². The summed E-state index contributed by atoms with van der Waals surface area (Å²) in [6.45, 7) is 0. The van der Waals surface area contributed by atoms with E-state index >= 15 is 0 Å². The van der Waals surface area contributed by atoms with E-state index in [1.165, 1.54) is 11.9 Å². The third-order valence-corrected chi connectivity index (χ3v) is 5.42. The number of carbonyl (C=O) groups is 3. The number of imide groups is 1. The van der Waals surface area contributed by atoms with E-state index in [0.29, 0.717) is 18.4 Å². The summed E-state index contributed by atoms with van der Waals surface area (Å²) in [6.07, 6.45) is 2.53. The molecule has 2 aliphatic carbocycles. The van der Waals surface area contributed by atoms with Crippen molar-refractivity contribution in [2.45, 2.75) is 31.1 Å². The van der Waals surface area contributed by atoms with Gasteiger partial charge in [0.25, 0.3) is 5.91 Å². The highest BCUT2D eigenvalue weighted by Crippen LogP contribution is 2.68. The van der Waals surface area contributed by atoms with Crippen LogP contribution in [0.4, 0.5) is 0 Å². The van der Waals surface area contributed by atoms with E-state index < -0.39 is 10.8 Å². The van der Waals surface area contributed by atoms with Crippen LogP contribution in [0.5, 0.6) is 0 Å². The third-order valence-electron chi connectivity index (χ3n) is 5.42. The minimum atomic E-state index is -0.788. The molecule has 0 aromatic heterocycles. The number of benzene rings is 1. The number of carbonyl (C=O) groups excluding carboxylic acids is 3. The Kier molecular flexibility index (Phi) is 1.99. The third kappa shape index (κ3) is 1.04. The number of likely N-dealkylation sites (N-methyl/N-ethyl adjacent to an activating group) is 1. The molecule has 0 radical (unpaired) electrons. The van der Waals surface area contributed by atoms with Gasteiger partial charge in [0.1, 0.15) is 5.78 Å². The second kappa shape index (κ2) is 3.37. The molecule has 102 valence electrons. The molecule has 4 nitrogen and oxygen atoms in total. The second-order valence-electron chi connectivity index (χ2n) is 6.13. The molecule has 3 aliphatic rings. The molecule has 1 aliphatic heterocycles. The van der Waals surface area contributed by atoms with Crippen LogP contribution in [0.1, 0.15) is 41.6 Å². The molecule has 2 amide bonds. The van der Waals surface area contributed by atoms with E-state index in [-0.39, 0.29) is 17.6 Å². The highest BCUT2D eigenvalue weighted by Gasteiger charge is 2.73. The Labute approximate surface area is 116 Å². The first-order valence-corrected chi connectivity index (χ1v) is 7.00. The number of ketones is 1. The van der Waals surface area contributed by atoms with E-state index in [0.717, 1.165) is 18.4 Å². The monoisotopic (exact) mass is 269 g/mol. The van der Waals surface area contributed by atoms with Crippen LogP contribution in [0.25, 0.3) is 0 Å². The predicted octanol–water partition coefficient (Wildman–Crippen LogP) is 1.68. The topological polar surface area (TPSA) is 54.5 Å². The van der Waals surface area contributed by atoms with Crippen molar-refractivity contribution in [3.05, 3.63) is 35.4 Å². The molecule has 4 rings (SSSR count). The predicted molar refractivity (Wildman–Crippen MR) is 71.1 cm³/mol. The molecule has 1 atom stereocenters. The van der Waals surface area contributed by atoms with Crippen LogP contribution in [-0.4, -0.2) is 29.5 Å². The fraction of sp³-hybridized carbons (Fsp3) is 0.438. The van der Waals surface area contributed by atoms with Gasteiger partial charge in [-0.25, -0.2) is 0 Å². The van der Waals surface area contributed by atoms with Gasteiger partial charge < -0.3 is 0 Å². The Balaban J connectivity index is 2.05. The largest absolute Gasteiger partial charge is 0.299 e. The molecule has 2 spiro atoms. The normalized spacial score (nSPS) is 30.2. The lowest BCUT2D eigenvalue weighted by Crippen LogP contribution is -2.56. The van der Waals surface area contributed by atoms with Crippen LogP contribution in [-0.2, 0) is 15.0 Å². The number of amides is 2. The van der Waals surface area contributed by atoms with Gasteiger partial charge in [-0.2, -0.15) is 0 Å². The molecular formula is C16H15NO3. The number of hydrogen-bond acceptors (Lipinski definition) is 3. The molecule has 0 N–H and O–H groups in total. The average molecular weight is 269 g/mol. The summed E-state index contributed by atoms with van der Waals surface area (Å²) in [5.74, 6) is -0.251. The lowest BCUT2D eigenvalue weighted by molar-refractivity contribution is -0.139. The van der Waals surface area contributed by atoms with E-state index in [4.69, 9.17) is 0 Å². The summed E-state index contributed by atoms with van der Waals surface area (Å²) in [4.78, 5) is 38.7. The summed E-state index contributed by atoms with van der Waals surface area (Å²) in [7, 11) is 1.53. The average Bonchev–Trinajstić information content (AvgIpc) is 3.21. The number of hydrogen-bond donors (Lipinski definition) is 0. The van der Waals surface area contributed by atoms with Crippen molar-refractivity contribution in [1.82, 2.24) is 4.90 Å².